The van der Waals surface area contributed by atoms with E-state index in [-0.39, 0.29) is 18.2 Å². The zero-order valence-electron chi connectivity index (χ0n) is 11.3. The molecule has 0 aromatic heterocycles. The summed E-state index contributed by atoms with van der Waals surface area (Å²) in [6.45, 7) is 3.69. The maximum absolute atomic E-state index is 11.9. The van der Waals surface area contributed by atoms with E-state index in [9.17, 15) is 9.59 Å². The lowest BCUT2D eigenvalue weighted by Gasteiger charge is -2.19. The Kier molecular flexibility index (Phi) is 5.83. The van der Waals surface area contributed by atoms with E-state index in [0.29, 0.717) is 5.02 Å². The molecule has 4 nitrogen and oxygen atoms in total. The lowest BCUT2D eigenvalue weighted by Crippen LogP contribution is -2.45. The number of ether oxygens (including phenoxy) is 1. The Morgan fingerprint density at radius 2 is 1.95 bits per heavy atom. The molecule has 1 N–H and O–H groups in total. The molecule has 0 radical (unpaired) electrons. The maximum atomic E-state index is 11.9. The van der Waals surface area contributed by atoms with Gasteiger partial charge in [-0.25, -0.2) is 4.79 Å². The molecule has 0 aliphatic rings. The fraction of sp³-hybridized carbons (Fsp3) is 0.429. The van der Waals surface area contributed by atoms with Crippen molar-refractivity contribution < 1.29 is 14.3 Å². The summed E-state index contributed by atoms with van der Waals surface area (Å²) in [6.07, 6.45) is 0.139. The number of carbonyl (C=O) groups excluding carboxylic acids is 2. The van der Waals surface area contributed by atoms with Crippen LogP contribution >= 0.6 is 11.6 Å². The van der Waals surface area contributed by atoms with Crippen LogP contribution in [0.3, 0.4) is 0 Å². The lowest BCUT2D eigenvalue weighted by atomic mass is 10.0. The van der Waals surface area contributed by atoms with Crippen LogP contribution in [-0.2, 0) is 20.7 Å². The topological polar surface area (TPSA) is 55.4 Å². The molecule has 5 heteroatoms. The van der Waals surface area contributed by atoms with E-state index in [2.05, 4.69) is 10.1 Å². The molecular weight excluding hydrogens is 266 g/mol. The van der Waals surface area contributed by atoms with Crippen LogP contribution < -0.4 is 5.32 Å². The molecule has 0 bridgehead atoms. The van der Waals surface area contributed by atoms with Crippen LogP contribution in [0, 0.1) is 5.92 Å². The van der Waals surface area contributed by atoms with Crippen LogP contribution in [0.2, 0.25) is 5.02 Å². The van der Waals surface area contributed by atoms with Gasteiger partial charge in [-0.05, 0) is 17.5 Å². The van der Waals surface area contributed by atoms with Crippen molar-refractivity contribution in [2.24, 2.45) is 5.92 Å². The van der Waals surface area contributed by atoms with E-state index < -0.39 is 12.0 Å². The predicted octanol–water partition coefficient (Wildman–Crippen LogP) is 2.20. The molecule has 1 aromatic rings. The summed E-state index contributed by atoms with van der Waals surface area (Å²) in [7, 11) is 1.30. The standard InChI is InChI=1S/C14H18ClNO3/c1-9(2)13(14(18)19-3)16-12(17)8-10-6-4-5-7-11(10)15/h4-7,9,13H,8H2,1-3H3,(H,16,17). The first-order valence-electron chi connectivity index (χ1n) is 6.06. The fourth-order valence-electron chi connectivity index (χ4n) is 1.66. The highest BCUT2D eigenvalue weighted by atomic mass is 35.5. The summed E-state index contributed by atoms with van der Waals surface area (Å²) in [5.41, 5.74) is 0.731. The minimum absolute atomic E-state index is 0.0392. The minimum Gasteiger partial charge on any atom is -0.467 e. The summed E-state index contributed by atoms with van der Waals surface area (Å²) in [5.74, 6) is -0.734. The van der Waals surface area contributed by atoms with Crippen molar-refractivity contribution in [1.29, 1.82) is 0 Å². The number of nitrogens with one attached hydrogen (secondary N) is 1. The Morgan fingerprint density at radius 1 is 1.32 bits per heavy atom. The molecule has 0 spiro atoms. The Labute approximate surface area is 118 Å². The fourth-order valence-corrected chi connectivity index (χ4v) is 1.87. The third-order valence-corrected chi connectivity index (χ3v) is 3.12. The SMILES string of the molecule is COC(=O)C(NC(=O)Cc1ccccc1Cl)C(C)C. The van der Waals surface area contributed by atoms with Gasteiger partial charge in [-0.1, -0.05) is 43.6 Å². The number of hydrogen-bond acceptors (Lipinski definition) is 3. The van der Waals surface area contributed by atoms with Crippen LogP contribution in [-0.4, -0.2) is 25.0 Å². The van der Waals surface area contributed by atoms with Gasteiger partial charge in [0.15, 0.2) is 0 Å². The van der Waals surface area contributed by atoms with E-state index in [1.807, 2.05) is 19.9 Å². The molecule has 1 atom stereocenters. The number of amides is 1. The molecule has 0 saturated heterocycles. The van der Waals surface area contributed by atoms with E-state index in [1.165, 1.54) is 7.11 Å². The molecule has 0 saturated carbocycles. The maximum Gasteiger partial charge on any atom is 0.328 e. The van der Waals surface area contributed by atoms with Gasteiger partial charge in [0.2, 0.25) is 5.91 Å². The molecule has 1 aromatic carbocycles. The van der Waals surface area contributed by atoms with Crippen LogP contribution in [0.1, 0.15) is 19.4 Å². The van der Waals surface area contributed by atoms with E-state index in [4.69, 9.17) is 11.6 Å². The van der Waals surface area contributed by atoms with Crippen molar-refractivity contribution in [3.05, 3.63) is 34.9 Å². The summed E-state index contributed by atoms with van der Waals surface area (Å²) in [4.78, 5) is 23.5. The Morgan fingerprint density at radius 3 is 2.47 bits per heavy atom. The molecule has 0 aliphatic heterocycles. The van der Waals surface area contributed by atoms with E-state index in [0.717, 1.165) is 5.56 Å². The predicted molar refractivity (Wildman–Crippen MR) is 73.9 cm³/mol. The number of methoxy groups -OCH3 is 1. The van der Waals surface area contributed by atoms with Crippen molar-refractivity contribution in [1.82, 2.24) is 5.32 Å². The molecule has 1 rings (SSSR count). The van der Waals surface area contributed by atoms with Gasteiger partial charge in [-0.3, -0.25) is 4.79 Å². The second-order valence-electron chi connectivity index (χ2n) is 4.58. The molecule has 1 amide bonds. The molecule has 1 unspecified atom stereocenters. The van der Waals surface area contributed by atoms with Crippen molar-refractivity contribution in [2.75, 3.05) is 7.11 Å². The second-order valence-corrected chi connectivity index (χ2v) is 4.99. The Bertz CT molecular complexity index is 460. The highest BCUT2D eigenvalue weighted by Crippen LogP contribution is 2.15. The average molecular weight is 284 g/mol. The monoisotopic (exact) mass is 283 g/mol. The van der Waals surface area contributed by atoms with E-state index >= 15 is 0 Å². The van der Waals surface area contributed by atoms with E-state index in [1.54, 1.807) is 18.2 Å². The number of hydrogen-bond donors (Lipinski definition) is 1. The van der Waals surface area contributed by atoms with Gasteiger partial charge < -0.3 is 10.1 Å². The molecule has 104 valence electrons. The highest BCUT2D eigenvalue weighted by Gasteiger charge is 2.24. The summed E-state index contributed by atoms with van der Waals surface area (Å²) in [6, 6.07) is 6.48. The third kappa shape index (κ3) is 4.56. The Balaban J connectivity index is 2.68. The Hall–Kier alpha value is -1.55. The van der Waals surface area contributed by atoms with Gasteiger partial charge in [0.25, 0.3) is 0 Å². The van der Waals surface area contributed by atoms with Crippen LogP contribution in [0.4, 0.5) is 0 Å². The molecule has 19 heavy (non-hydrogen) atoms. The highest BCUT2D eigenvalue weighted by molar-refractivity contribution is 6.31. The lowest BCUT2D eigenvalue weighted by molar-refractivity contribution is -0.146. The number of benzene rings is 1. The first-order chi connectivity index (χ1) is 8.95. The number of rotatable bonds is 5. The average Bonchev–Trinajstić information content (AvgIpc) is 2.37. The van der Waals surface area contributed by atoms with Crippen molar-refractivity contribution in [3.63, 3.8) is 0 Å². The van der Waals surface area contributed by atoms with Gasteiger partial charge in [-0.15, -0.1) is 0 Å². The zero-order valence-corrected chi connectivity index (χ0v) is 12.0. The first-order valence-corrected chi connectivity index (χ1v) is 6.44. The minimum atomic E-state index is -0.639. The van der Waals surface area contributed by atoms with Gasteiger partial charge in [0.05, 0.1) is 13.5 Å². The number of esters is 1. The van der Waals surface area contributed by atoms with Gasteiger partial charge in [0, 0.05) is 5.02 Å². The molecule has 0 heterocycles. The normalized spacial score (nSPS) is 12.1. The van der Waals surface area contributed by atoms with Crippen molar-refractivity contribution in [3.8, 4) is 0 Å². The van der Waals surface area contributed by atoms with Crippen LogP contribution in [0.15, 0.2) is 24.3 Å². The smallest absolute Gasteiger partial charge is 0.328 e. The van der Waals surface area contributed by atoms with Gasteiger partial charge in [-0.2, -0.15) is 0 Å². The van der Waals surface area contributed by atoms with Crippen LogP contribution in [0.5, 0.6) is 0 Å². The zero-order chi connectivity index (χ0) is 14.4. The molecule has 0 aliphatic carbocycles. The molecule has 0 fully saturated rings. The molecular formula is C14H18ClNO3. The van der Waals surface area contributed by atoms with Gasteiger partial charge in [0.1, 0.15) is 6.04 Å². The summed E-state index contributed by atoms with van der Waals surface area (Å²) < 4.78 is 4.67. The third-order valence-electron chi connectivity index (χ3n) is 2.75. The van der Waals surface area contributed by atoms with Crippen LogP contribution in [0.25, 0.3) is 0 Å². The van der Waals surface area contributed by atoms with Gasteiger partial charge >= 0.3 is 5.97 Å². The number of carbonyl (C=O) groups is 2. The summed E-state index contributed by atoms with van der Waals surface area (Å²) in [5, 5.41) is 3.21. The number of halogens is 1. The first kappa shape index (κ1) is 15.5. The largest absolute Gasteiger partial charge is 0.467 e. The second kappa shape index (κ2) is 7.14. The summed E-state index contributed by atoms with van der Waals surface area (Å²) >= 11 is 5.99. The quantitative estimate of drug-likeness (QED) is 0.843. The van der Waals surface area contributed by atoms with Crippen molar-refractivity contribution in [2.45, 2.75) is 26.3 Å². The van der Waals surface area contributed by atoms with Crippen molar-refractivity contribution >= 4 is 23.5 Å².